The molecule has 0 bridgehead atoms. The highest BCUT2D eigenvalue weighted by Crippen LogP contribution is 2.35. The second-order valence-electron chi connectivity index (χ2n) is 9.09. The van der Waals surface area contributed by atoms with Crippen molar-refractivity contribution in [3.05, 3.63) is 58.1 Å². The largest absolute Gasteiger partial charge is 0.398 e. The molecular formula is C26H36N2O. The number of rotatable bonds is 7. The zero-order valence-corrected chi connectivity index (χ0v) is 19.2. The maximum absolute atomic E-state index is 13.1. The van der Waals surface area contributed by atoms with Crippen LogP contribution in [0.2, 0.25) is 0 Å². The minimum absolute atomic E-state index is 0.0814. The second kappa shape index (κ2) is 9.39. The molecule has 0 amide bonds. The summed E-state index contributed by atoms with van der Waals surface area (Å²) in [6.45, 7) is 17.0. The van der Waals surface area contributed by atoms with Crippen LogP contribution >= 0.6 is 0 Å². The van der Waals surface area contributed by atoms with E-state index in [2.05, 4.69) is 73.6 Å². The minimum Gasteiger partial charge on any atom is -0.398 e. The zero-order valence-electron chi connectivity index (χ0n) is 19.2. The van der Waals surface area contributed by atoms with Crippen molar-refractivity contribution in [2.45, 2.75) is 79.1 Å². The van der Waals surface area contributed by atoms with Crippen molar-refractivity contribution in [2.24, 2.45) is 4.99 Å². The fourth-order valence-electron chi connectivity index (χ4n) is 3.66. The predicted molar refractivity (Wildman–Crippen MR) is 126 cm³/mol. The molecule has 0 atom stereocenters. The molecule has 156 valence electrons. The number of carbonyl (C=O) groups excluding carboxylic acids is 1. The highest BCUT2D eigenvalue weighted by Gasteiger charge is 2.17. The van der Waals surface area contributed by atoms with E-state index in [1.165, 1.54) is 17.3 Å². The average molecular weight is 393 g/mol. The summed E-state index contributed by atoms with van der Waals surface area (Å²) in [5.41, 5.74) is 13.2. The topological polar surface area (TPSA) is 55.5 Å². The molecule has 3 heteroatoms. The molecule has 0 saturated carbocycles. The van der Waals surface area contributed by atoms with Crippen LogP contribution in [0, 0.1) is 0 Å². The number of hydrogen-bond acceptors (Lipinski definition) is 3. The Morgan fingerprint density at radius 3 is 1.59 bits per heavy atom. The Kier molecular flexibility index (Phi) is 7.40. The monoisotopic (exact) mass is 392 g/mol. The first-order valence-electron chi connectivity index (χ1n) is 10.7. The van der Waals surface area contributed by atoms with Gasteiger partial charge in [-0.25, -0.2) is 0 Å². The summed E-state index contributed by atoms with van der Waals surface area (Å²) < 4.78 is 0. The standard InChI is InChI=1S/C26H36N2O/c1-15(2)20-10-9-11-21(16(3)4)26(20)28-14-24(29)19-12-22(17(5)6)25(27)23(13-19)18(7)8/h9-18H,27H2,1-8H3. The van der Waals surface area contributed by atoms with Crippen LogP contribution in [0.4, 0.5) is 11.4 Å². The van der Waals surface area contributed by atoms with Crippen LogP contribution in [0.15, 0.2) is 35.3 Å². The number of anilines is 1. The van der Waals surface area contributed by atoms with Gasteiger partial charge in [-0.3, -0.25) is 9.79 Å². The number of benzene rings is 2. The predicted octanol–water partition coefficient (Wildman–Crippen LogP) is 7.35. The quantitative estimate of drug-likeness (QED) is 0.304. The number of hydrogen-bond donors (Lipinski definition) is 1. The molecule has 2 N–H and O–H groups in total. The van der Waals surface area contributed by atoms with Crippen molar-refractivity contribution in [1.82, 2.24) is 0 Å². The molecule has 0 aliphatic carbocycles. The van der Waals surface area contributed by atoms with Crippen LogP contribution in [0.25, 0.3) is 0 Å². The molecule has 2 aromatic carbocycles. The molecule has 0 saturated heterocycles. The number of nitrogens with two attached hydrogens (primary N) is 1. The van der Waals surface area contributed by atoms with Crippen LogP contribution in [-0.2, 0) is 0 Å². The van der Waals surface area contributed by atoms with Gasteiger partial charge in [-0.1, -0.05) is 73.6 Å². The Hall–Kier alpha value is -2.42. The van der Waals surface area contributed by atoms with Crippen molar-refractivity contribution in [3.8, 4) is 0 Å². The van der Waals surface area contributed by atoms with E-state index in [4.69, 9.17) is 10.7 Å². The highest BCUT2D eigenvalue weighted by atomic mass is 16.1. The molecule has 29 heavy (non-hydrogen) atoms. The van der Waals surface area contributed by atoms with Gasteiger partial charge >= 0.3 is 0 Å². The van der Waals surface area contributed by atoms with E-state index >= 15 is 0 Å². The van der Waals surface area contributed by atoms with E-state index in [0.717, 1.165) is 22.5 Å². The molecule has 2 rings (SSSR count). The fourth-order valence-corrected chi connectivity index (χ4v) is 3.66. The number of Topliss-reactive ketones (excluding diaryl/α,β-unsaturated/α-hetero) is 1. The van der Waals surface area contributed by atoms with E-state index in [1.807, 2.05) is 12.1 Å². The van der Waals surface area contributed by atoms with E-state index < -0.39 is 0 Å². The number of carbonyl (C=O) groups is 1. The van der Waals surface area contributed by atoms with Gasteiger partial charge in [0.1, 0.15) is 0 Å². The van der Waals surface area contributed by atoms with Gasteiger partial charge in [0.25, 0.3) is 0 Å². The Labute approximate surface area is 176 Å². The zero-order chi connectivity index (χ0) is 21.9. The van der Waals surface area contributed by atoms with Crippen LogP contribution < -0.4 is 5.73 Å². The highest BCUT2D eigenvalue weighted by molar-refractivity contribution is 6.36. The molecule has 0 radical (unpaired) electrons. The molecule has 0 fully saturated rings. The van der Waals surface area contributed by atoms with E-state index in [-0.39, 0.29) is 17.6 Å². The minimum atomic E-state index is -0.0814. The van der Waals surface area contributed by atoms with Gasteiger partial charge in [-0.05, 0) is 58.1 Å². The first-order chi connectivity index (χ1) is 13.5. The molecule has 0 heterocycles. The lowest BCUT2D eigenvalue weighted by Crippen LogP contribution is -2.09. The van der Waals surface area contributed by atoms with Gasteiger partial charge in [-0.2, -0.15) is 0 Å². The number of para-hydroxylation sites is 1. The molecule has 2 aromatic rings. The lowest BCUT2D eigenvalue weighted by molar-refractivity contribution is 0.107. The Balaban J connectivity index is 2.52. The van der Waals surface area contributed by atoms with E-state index in [1.54, 1.807) is 0 Å². The van der Waals surface area contributed by atoms with Crippen molar-refractivity contribution >= 4 is 23.4 Å². The van der Waals surface area contributed by atoms with E-state index in [9.17, 15) is 4.79 Å². The van der Waals surface area contributed by atoms with Crippen molar-refractivity contribution in [2.75, 3.05) is 5.73 Å². The molecule has 0 spiro atoms. The first-order valence-corrected chi connectivity index (χ1v) is 10.7. The Bertz CT molecular complexity index is 850. The van der Waals surface area contributed by atoms with E-state index in [0.29, 0.717) is 17.4 Å². The summed E-state index contributed by atoms with van der Waals surface area (Å²) in [6.07, 6.45) is 1.48. The maximum Gasteiger partial charge on any atom is 0.204 e. The Morgan fingerprint density at radius 1 is 0.793 bits per heavy atom. The van der Waals surface area contributed by atoms with Gasteiger partial charge in [0.2, 0.25) is 5.78 Å². The van der Waals surface area contributed by atoms with Gasteiger partial charge in [0, 0.05) is 11.3 Å². The second-order valence-corrected chi connectivity index (χ2v) is 9.09. The van der Waals surface area contributed by atoms with Crippen LogP contribution in [-0.4, -0.2) is 12.0 Å². The first kappa shape index (κ1) is 22.9. The summed E-state index contributed by atoms with van der Waals surface area (Å²) in [5, 5.41) is 0. The molecular weight excluding hydrogens is 356 g/mol. The van der Waals surface area contributed by atoms with Gasteiger partial charge in [0.05, 0.1) is 11.9 Å². The lowest BCUT2D eigenvalue weighted by Gasteiger charge is -2.18. The normalized spacial score (nSPS) is 12.1. The summed E-state index contributed by atoms with van der Waals surface area (Å²) in [7, 11) is 0. The summed E-state index contributed by atoms with van der Waals surface area (Å²) in [6, 6.07) is 10.1. The molecule has 0 aromatic heterocycles. The molecule has 0 aliphatic rings. The maximum atomic E-state index is 13.1. The van der Waals surface area contributed by atoms with Crippen LogP contribution in [0.3, 0.4) is 0 Å². The summed E-state index contributed by atoms with van der Waals surface area (Å²) in [4.78, 5) is 17.7. The SMILES string of the molecule is CC(C)c1cc(C(=O)C=Nc2c(C(C)C)cccc2C(C)C)cc(C(C)C)c1N. The number of aliphatic imine (C=N–C) groups is 1. The number of nitrogens with zero attached hydrogens (tertiary/aromatic N) is 1. The number of nitrogen functional groups attached to an aromatic ring is 1. The molecule has 3 nitrogen and oxygen atoms in total. The smallest absolute Gasteiger partial charge is 0.204 e. The van der Waals surface area contributed by atoms with Crippen LogP contribution in [0.1, 0.15) is 112 Å². The van der Waals surface area contributed by atoms with Gasteiger partial charge in [0.15, 0.2) is 0 Å². The van der Waals surface area contributed by atoms with Crippen molar-refractivity contribution in [1.29, 1.82) is 0 Å². The fraction of sp³-hybridized carbons (Fsp3) is 0.462. The third-order valence-electron chi connectivity index (χ3n) is 5.43. The van der Waals surface area contributed by atoms with Crippen molar-refractivity contribution < 1.29 is 4.79 Å². The van der Waals surface area contributed by atoms with Gasteiger partial charge in [-0.15, -0.1) is 0 Å². The average Bonchev–Trinajstić information content (AvgIpc) is 2.65. The molecule has 0 unspecified atom stereocenters. The summed E-state index contributed by atoms with van der Waals surface area (Å²) >= 11 is 0. The number of ketones is 1. The van der Waals surface area contributed by atoms with Crippen LogP contribution in [0.5, 0.6) is 0 Å². The lowest BCUT2D eigenvalue weighted by atomic mass is 9.89. The Morgan fingerprint density at radius 2 is 1.21 bits per heavy atom. The van der Waals surface area contributed by atoms with Crippen molar-refractivity contribution in [3.63, 3.8) is 0 Å². The summed E-state index contributed by atoms with van der Waals surface area (Å²) in [5.74, 6) is 1.11. The van der Waals surface area contributed by atoms with Gasteiger partial charge < -0.3 is 5.73 Å². The molecule has 0 aliphatic heterocycles. The third-order valence-corrected chi connectivity index (χ3v) is 5.43. The third kappa shape index (κ3) is 5.14.